The SMILES string of the molecule is CCc1cc(Cl)ccc1CN=[N+]=[N-]. The summed E-state index contributed by atoms with van der Waals surface area (Å²) in [5, 5.41) is 4.24. The first-order valence-corrected chi connectivity index (χ1v) is 4.44. The predicted octanol–water partition coefficient (Wildman–Crippen LogP) is 3.71. The van der Waals surface area contributed by atoms with E-state index >= 15 is 0 Å². The Kier molecular flexibility index (Phi) is 3.62. The number of halogens is 1. The molecule has 4 heteroatoms. The summed E-state index contributed by atoms with van der Waals surface area (Å²) in [6.45, 7) is 2.45. The second-order valence-electron chi connectivity index (χ2n) is 2.66. The molecule has 0 bridgehead atoms. The summed E-state index contributed by atoms with van der Waals surface area (Å²) in [6.07, 6.45) is 0.900. The van der Waals surface area contributed by atoms with Gasteiger partial charge in [-0.05, 0) is 35.2 Å². The lowest BCUT2D eigenvalue weighted by Crippen LogP contribution is -1.90. The van der Waals surface area contributed by atoms with Crippen LogP contribution in [0.5, 0.6) is 0 Å². The van der Waals surface area contributed by atoms with Gasteiger partial charge in [0.2, 0.25) is 0 Å². The molecule has 1 aromatic rings. The molecule has 3 nitrogen and oxygen atoms in total. The molecule has 0 aliphatic heterocycles. The van der Waals surface area contributed by atoms with Gasteiger partial charge in [-0.1, -0.05) is 29.7 Å². The molecular weight excluding hydrogens is 186 g/mol. The number of azide groups is 1. The second kappa shape index (κ2) is 4.75. The van der Waals surface area contributed by atoms with E-state index in [0.717, 1.165) is 22.6 Å². The Morgan fingerprint density at radius 1 is 1.46 bits per heavy atom. The number of aryl methyl sites for hydroxylation is 1. The third kappa shape index (κ3) is 2.65. The minimum absolute atomic E-state index is 0.400. The molecule has 0 heterocycles. The van der Waals surface area contributed by atoms with Gasteiger partial charge in [0.1, 0.15) is 0 Å². The van der Waals surface area contributed by atoms with E-state index in [1.807, 2.05) is 25.1 Å². The second-order valence-corrected chi connectivity index (χ2v) is 3.09. The highest BCUT2D eigenvalue weighted by atomic mass is 35.5. The topological polar surface area (TPSA) is 48.8 Å². The molecule has 0 saturated heterocycles. The Hall–Kier alpha value is -1.18. The maximum Gasteiger partial charge on any atom is 0.0513 e. The molecule has 0 aromatic heterocycles. The molecule has 0 saturated carbocycles. The fourth-order valence-corrected chi connectivity index (χ4v) is 1.38. The van der Waals surface area contributed by atoms with Gasteiger partial charge >= 0.3 is 0 Å². The lowest BCUT2D eigenvalue weighted by atomic mass is 10.1. The Bertz CT molecular complexity index is 343. The smallest absolute Gasteiger partial charge is 0.0513 e. The van der Waals surface area contributed by atoms with E-state index < -0.39 is 0 Å². The third-order valence-corrected chi connectivity index (χ3v) is 2.09. The van der Waals surface area contributed by atoms with Crippen molar-refractivity contribution in [1.82, 2.24) is 0 Å². The molecule has 13 heavy (non-hydrogen) atoms. The van der Waals surface area contributed by atoms with Crippen LogP contribution in [0.4, 0.5) is 0 Å². The maximum atomic E-state index is 8.18. The van der Waals surface area contributed by atoms with Gasteiger partial charge in [0.15, 0.2) is 0 Å². The van der Waals surface area contributed by atoms with Crippen LogP contribution < -0.4 is 0 Å². The fourth-order valence-electron chi connectivity index (χ4n) is 1.19. The van der Waals surface area contributed by atoms with Crippen LogP contribution in [0.3, 0.4) is 0 Å². The first-order chi connectivity index (χ1) is 6.27. The summed E-state index contributed by atoms with van der Waals surface area (Å²) in [5.74, 6) is 0. The highest BCUT2D eigenvalue weighted by Crippen LogP contribution is 2.17. The molecule has 0 fully saturated rings. The van der Waals surface area contributed by atoms with Crippen molar-refractivity contribution < 1.29 is 0 Å². The summed E-state index contributed by atoms with van der Waals surface area (Å²) in [4.78, 5) is 2.72. The first kappa shape index (κ1) is 9.90. The highest BCUT2D eigenvalue weighted by molar-refractivity contribution is 6.30. The van der Waals surface area contributed by atoms with Crippen LogP contribution in [-0.2, 0) is 13.0 Å². The average molecular weight is 196 g/mol. The predicted molar refractivity (Wildman–Crippen MR) is 53.7 cm³/mol. The molecule has 68 valence electrons. The summed E-state index contributed by atoms with van der Waals surface area (Å²) >= 11 is 5.83. The Morgan fingerprint density at radius 2 is 2.23 bits per heavy atom. The van der Waals surface area contributed by atoms with Gasteiger partial charge < -0.3 is 0 Å². The minimum atomic E-state index is 0.400. The zero-order valence-corrected chi connectivity index (χ0v) is 8.12. The van der Waals surface area contributed by atoms with Gasteiger partial charge in [-0.15, -0.1) is 0 Å². The van der Waals surface area contributed by atoms with E-state index in [-0.39, 0.29) is 0 Å². The van der Waals surface area contributed by atoms with E-state index in [4.69, 9.17) is 17.1 Å². The molecule has 0 atom stereocenters. The van der Waals surface area contributed by atoms with Gasteiger partial charge in [-0.3, -0.25) is 0 Å². The molecule has 0 aliphatic rings. The molecule has 1 aromatic carbocycles. The van der Waals surface area contributed by atoms with Crippen LogP contribution in [0.15, 0.2) is 23.3 Å². The zero-order valence-electron chi connectivity index (χ0n) is 7.37. The number of hydrogen-bond acceptors (Lipinski definition) is 1. The van der Waals surface area contributed by atoms with Gasteiger partial charge in [0.25, 0.3) is 0 Å². The van der Waals surface area contributed by atoms with Crippen molar-refractivity contribution in [2.45, 2.75) is 19.9 Å². The Morgan fingerprint density at radius 3 is 2.85 bits per heavy atom. The van der Waals surface area contributed by atoms with E-state index in [0.29, 0.717) is 6.54 Å². The number of nitrogens with zero attached hydrogens (tertiary/aromatic N) is 3. The third-order valence-electron chi connectivity index (χ3n) is 1.85. The quantitative estimate of drug-likeness (QED) is 0.401. The molecule has 0 N–H and O–H groups in total. The molecule has 0 unspecified atom stereocenters. The van der Waals surface area contributed by atoms with E-state index in [1.165, 1.54) is 0 Å². The molecule has 0 aliphatic carbocycles. The summed E-state index contributed by atoms with van der Waals surface area (Å²) < 4.78 is 0. The summed E-state index contributed by atoms with van der Waals surface area (Å²) in [6, 6.07) is 5.61. The van der Waals surface area contributed by atoms with Crippen molar-refractivity contribution in [2.75, 3.05) is 0 Å². The van der Waals surface area contributed by atoms with Crippen LogP contribution in [0.2, 0.25) is 5.02 Å². The van der Waals surface area contributed by atoms with Crippen LogP contribution in [-0.4, -0.2) is 0 Å². The lowest BCUT2D eigenvalue weighted by Gasteiger charge is -2.04. The molecule has 0 spiro atoms. The minimum Gasteiger partial charge on any atom is -0.0893 e. The maximum absolute atomic E-state index is 8.18. The van der Waals surface area contributed by atoms with E-state index in [9.17, 15) is 0 Å². The number of benzene rings is 1. The van der Waals surface area contributed by atoms with Gasteiger partial charge in [-0.2, -0.15) is 0 Å². The molecule has 0 radical (unpaired) electrons. The first-order valence-electron chi connectivity index (χ1n) is 4.06. The van der Waals surface area contributed by atoms with Crippen molar-refractivity contribution in [2.24, 2.45) is 5.11 Å². The van der Waals surface area contributed by atoms with Crippen LogP contribution >= 0.6 is 11.6 Å². The van der Waals surface area contributed by atoms with Crippen LogP contribution in [0.25, 0.3) is 10.4 Å². The Balaban J connectivity index is 2.98. The fraction of sp³-hybridized carbons (Fsp3) is 0.333. The molecular formula is C9H10ClN3. The van der Waals surface area contributed by atoms with E-state index in [1.54, 1.807) is 0 Å². The van der Waals surface area contributed by atoms with Gasteiger partial charge in [0, 0.05) is 9.93 Å². The van der Waals surface area contributed by atoms with Crippen LogP contribution in [0.1, 0.15) is 18.1 Å². The van der Waals surface area contributed by atoms with Crippen molar-refractivity contribution in [1.29, 1.82) is 0 Å². The van der Waals surface area contributed by atoms with Gasteiger partial charge in [0.05, 0.1) is 6.54 Å². The standard InChI is InChI=1S/C9H10ClN3/c1-2-7-5-9(10)4-3-8(7)6-12-13-11/h3-5H,2,6H2,1H3. The monoisotopic (exact) mass is 195 g/mol. The van der Waals surface area contributed by atoms with Crippen molar-refractivity contribution in [3.05, 3.63) is 44.8 Å². The zero-order chi connectivity index (χ0) is 9.68. The summed E-state index contributed by atoms with van der Waals surface area (Å²) in [7, 11) is 0. The average Bonchev–Trinajstić information content (AvgIpc) is 2.16. The van der Waals surface area contributed by atoms with E-state index in [2.05, 4.69) is 10.0 Å². The molecule has 0 amide bonds. The van der Waals surface area contributed by atoms with Crippen molar-refractivity contribution in [3.63, 3.8) is 0 Å². The van der Waals surface area contributed by atoms with Gasteiger partial charge in [-0.25, -0.2) is 0 Å². The molecule has 1 rings (SSSR count). The summed E-state index contributed by atoms with van der Waals surface area (Å²) in [5.41, 5.74) is 10.4. The highest BCUT2D eigenvalue weighted by Gasteiger charge is 1.99. The van der Waals surface area contributed by atoms with Crippen molar-refractivity contribution in [3.8, 4) is 0 Å². The number of hydrogen-bond donors (Lipinski definition) is 0. The van der Waals surface area contributed by atoms with Crippen LogP contribution in [0, 0.1) is 0 Å². The van der Waals surface area contributed by atoms with Crippen molar-refractivity contribution >= 4 is 11.6 Å². The largest absolute Gasteiger partial charge is 0.0893 e. The Labute approximate surface area is 82.0 Å². The lowest BCUT2D eigenvalue weighted by molar-refractivity contribution is 0.991. The number of rotatable bonds is 3. The normalized spacial score (nSPS) is 9.38.